The molecule has 0 aliphatic carbocycles. The predicted molar refractivity (Wildman–Crippen MR) is 131 cm³/mol. The first-order valence-electron chi connectivity index (χ1n) is 10.7. The second-order valence-corrected chi connectivity index (χ2v) is 7.70. The van der Waals surface area contributed by atoms with Crippen molar-refractivity contribution in [1.29, 1.82) is 0 Å². The summed E-state index contributed by atoms with van der Waals surface area (Å²) in [6.45, 7) is 7.63. The summed E-state index contributed by atoms with van der Waals surface area (Å²) in [5.74, 6) is 0.667. The maximum Gasteiger partial charge on any atom is 0.137 e. The van der Waals surface area contributed by atoms with Gasteiger partial charge in [0.2, 0.25) is 0 Å². The zero-order valence-electron chi connectivity index (χ0n) is 18.5. The number of aryl methyl sites for hydroxylation is 1. The van der Waals surface area contributed by atoms with Gasteiger partial charge in [0.25, 0.3) is 0 Å². The highest BCUT2D eigenvalue weighted by molar-refractivity contribution is 8.00. The summed E-state index contributed by atoms with van der Waals surface area (Å²) >= 11 is 1.61. The van der Waals surface area contributed by atoms with E-state index in [2.05, 4.69) is 70.5 Å². The van der Waals surface area contributed by atoms with Crippen LogP contribution in [0.4, 0.5) is 5.69 Å². The van der Waals surface area contributed by atoms with Crippen molar-refractivity contribution < 1.29 is 9.84 Å². The highest BCUT2D eigenvalue weighted by Crippen LogP contribution is 2.21. The van der Waals surface area contributed by atoms with Crippen LogP contribution in [0.15, 0.2) is 78.0 Å². The molecule has 3 aromatic rings. The van der Waals surface area contributed by atoms with E-state index in [0.29, 0.717) is 12.3 Å². The minimum Gasteiger partial charge on any atom is -0.489 e. The van der Waals surface area contributed by atoms with Crippen molar-refractivity contribution in [2.45, 2.75) is 38.2 Å². The molecule has 1 heterocycles. The van der Waals surface area contributed by atoms with Crippen LogP contribution in [0.25, 0.3) is 0 Å². The number of aliphatic hydroxyl groups excluding tert-OH is 1. The SMILES string of the molecule is CC.Cc1ccc(SNc2ccc(CCNCC(O)COc3cccnc3)cc2)cc1. The van der Waals surface area contributed by atoms with Gasteiger partial charge >= 0.3 is 0 Å². The maximum atomic E-state index is 9.99. The van der Waals surface area contributed by atoms with E-state index in [9.17, 15) is 5.11 Å². The summed E-state index contributed by atoms with van der Waals surface area (Å²) in [6.07, 6.45) is 3.68. The number of rotatable bonds is 11. The van der Waals surface area contributed by atoms with Crippen LogP contribution in [0.1, 0.15) is 25.0 Å². The third-order valence-corrected chi connectivity index (χ3v) is 5.15. The maximum absolute atomic E-state index is 9.99. The Labute approximate surface area is 190 Å². The van der Waals surface area contributed by atoms with E-state index in [1.54, 1.807) is 24.3 Å². The largest absolute Gasteiger partial charge is 0.489 e. The highest BCUT2D eigenvalue weighted by atomic mass is 32.2. The molecule has 1 atom stereocenters. The van der Waals surface area contributed by atoms with Gasteiger partial charge in [0.1, 0.15) is 18.5 Å². The summed E-state index contributed by atoms with van der Waals surface area (Å²) in [6, 6.07) is 20.5. The van der Waals surface area contributed by atoms with E-state index in [4.69, 9.17) is 4.74 Å². The first kappa shape index (κ1) is 24.7. The summed E-state index contributed by atoms with van der Waals surface area (Å²) in [7, 11) is 0. The molecule has 3 N–H and O–H groups in total. The number of hydrogen-bond acceptors (Lipinski definition) is 6. The van der Waals surface area contributed by atoms with E-state index in [1.807, 2.05) is 26.0 Å². The third-order valence-electron chi connectivity index (χ3n) is 4.31. The lowest BCUT2D eigenvalue weighted by Crippen LogP contribution is -2.32. The third kappa shape index (κ3) is 9.87. The first-order valence-corrected chi connectivity index (χ1v) is 11.5. The van der Waals surface area contributed by atoms with Crippen molar-refractivity contribution in [1.82, 2.24) is 10.3 Å². The summed E-state index contributed by atoms with van der Waals surface area (Å²) < 4.78 is 8.86. The molecule has 0 aliphatic rings. The van der Waals surface area contributed by atoms with Gasteiger partial charge in [-0.15, -0.1) is 0 Å². The van der Waals surface area contributed by atoms with Gasteiger partial charge < -0.3 is 19.9 Å². The number of nitrogens with zero attached hydrogens (tertiary/aromatic N) is 1. The standard InChI is InChI=1S/C23H27N3O2S.C2H6/c1-18-4-10-23(11-5-18)29-26-20-8-6-19(7-9-20)12-14-25-15-21(27)17-28-22-3-2-13-24-16-22;1-2/h2-11,13,16,21,25-27H,12,14-15,17H2,1H3;1-2H3. The Balaban J connectivity index is 0.00000166. The molecule has 31 heavy (non-hydrogen) atoms. The van der Waals surface area contributed by atoms with Crippen LogP contribution in [-0.4, -0.2) is 35.9 Å². The Hall–Kier alpha value is -2.54. The van der Waals surface area contributed by atoms with Crippen molar-refractivity contribution in [3.05, 3.63) is 84.2 Å². The molecule has 0 aliphatic heterocycles. The Morgan fingerprint density at radius 1 is 1.03 bits per heavy atom. The van der Waals surface area contributed by atoms with Crippen molar-refractivity contribution in [2.24, 2.45) is 0 Å². The molecule has 3 rings (SSSR count). The summed E-state index contributed by atoms with van der Waals surface area (Å²) in [4.78, 5) is 5.17. The number of ether oxygens (including phenoxy) is 1. The van der Waals surface area contributed by atoms with Gasteiger partial charge in [0.15, 0.2) is 0 Å². The summed E-state index contributed by atoms with van der Waals surface area (Å²) in [5, 5.41) is 13.3. The molecule has 0 saturated heterocycles. The molecule has 0 bridgehead atoms. The lowest BCUT2D eigenvalue weighted by molar-refractivity contribution is 0.106. The number of aromatic nitrogens is 1. The first-order chi connectivity index (χ1) is 15.2. The molecule has 2 aromatic carbocycles. The van der Waals surface area contributed by atoms with Crippen molar-refractivity contribution in [3.63, 3.8) is 0 Å². The number of nitrogens with one attached hydrogen (secondary N) is 2. The number of pyridine rings is 1. The van der Waals surface area contributed by atoms with Gasteiger partial charge in [-0.2, -0.15) is 0 Å². The van der Waals surface area contributed by atoms with E-state index in [0.717, 1.165) is 18.7 Å². The van der Waals surface area contributed by atoms with Gasteiger partial charge in [-0.25, -0.2) is 0 Å². The van der Waals surface area contributed by atoms with Crippen molar-refractivity contribution in [3.8, 4) is 5.75 Å². The fraction of sp³-hybridized carbons (Fsp3) is 0.320. The molecule has 0 saturated carbocycles. The quantitative estimate of drug-likeness (QED) is 0.285. The molecule has 1 unspecified atom stereocenters. The molecule has 0 spiro atoms. The van der Waals surface area contributed by atoms with Crippen LogP contribution in [0.5, 0.6) is 5.75 Å². The monoisotopic (exact) mass is 439 g/mol. The molecule has 166 valence electrons. The molecule has 1 aromatic heterocycles. The van der Waals surface area contributed by atoms with Crippen LogP contribution < -0.4 is 14.8 Å². The molecule has 0 fully saturated rings. The fourth-order valence-corrected chi connectivity index (χ4v) is 3.29. The number of anilines is 1. The van der Waals surface area contributed by atoms with Gasteiger partial charge in [0, 0.05) is 23.3 Å². The zero-order chi connectivity index (χ0) is 22.3. The Morgan fingerprint density at radius 2 is 1.77 bits per heavy atom. The molecule has 0 amide bonds. The lowest BCUT2D eigenvalue weighted by Gasteiger charge is -2.13. The van der Waals surface area contributed by atoms with Crippen molar-refractivity contribution in [2.75, 3.05) is 24.4 Å². The Morgan fingerprint density at radius 3 is 2.45 bits per heavy atom. The van der Waals surface area contributed by atoms with Crippen LogP contribution in [0.3, 0.4) is 0 Å². The van der Waals surface area contributed by atoms with Crippen LogP contribution in [0.2, 0.25) is 0 Å². The fourth-order valence-electron chi connectivity index (χ4n) is 2.65. The average molecular weight is 440 g/mol. The second kappa shape index (κ2) is 14.5. The molecular formula is C25H33N3O2S. The van der Waals surface area contributed by atoms with Gasteiger partial charge in [-0.3, -0.25) is 4.98 Å². The Bertz CT molecular complexity index is 843. The molecule has 6 heteroatoms. The average Bonchev–Trinajstić information content (AvgIpc) is 2.83. The summed E-state index contributed by atoms with van der Waals surface area (Å²) in [5.41, 5.74) is 3.60. The van der Waals surface area contributed by atoms with Crippen LogP contribution in [0, 0.1) is 6.92 Å². The minimum atomic E-state index is -0.555. The molecule has 5 nitrogen and oxygen atoms in total. The van der Waals surface area contributed by atoms with Gasteiger partial charge in [0.05, 0.1) is 6.20 Å². The number of aliphatic hydroxyl groups is 1. The zero-order valence-corrected chi connectivity index (χ0v) is 19.4. The topological polar surface area (TPSA) is 66.4 Å². The number of hydrogen-bond donors (Lipinski definition) is 3. The molecule has 0 radical (unpaired) electrons. The van der Waals surface area contributed by atoms with E-state index >= 15 is 0 Å². The predicted octanol–water partition coefficient (Wildman–Crippen LogP) is 5.11. The van der Waals surface area contributed by atoms with Gasteiger partial charge in [-0.1, -0.05) is 43.7 Å². The lowest BCUT2D eigenvalue weighted by atomic mass is 10.1. The van der Waals surface area contributed by atoms with Gasteiger partial charge in [-0.05, 0) is 73.8 Å². The number of benzene rings is 2. The van der Waals surface area contributed by atoms with Crippen LogP contribution >= 0.6 is 11.9 Å². The Kier molecular flexibility index (Phi) is 11.5. The second-order valence-electron chi connectivity index (χ2n) is 6.82. The normalized spacial score (nSPS) is 11.2. The minimum absolute atomic E-state index is 0.248. The smallest absolute Gasteiger partial charge is 0.137 e. The van der Waals surface area contributed by atoms with Crippen LogP contribution in [-0.2, 0) is 6.42 Å². The highest BCUT2D eigenvalue weighted by Gasteiger charge is 2.05. The molecular weight excluding hydrogens is 406 g/mol. The van der Waals surface area contributed by atoms with E-state index < -0.39 is 6.10 Å². The van der Waals surface area contributed by atoms with Crippen molar-refractivity contribution >= 4 is 17.6 Å². The van der Waals surface area contributed by atoms with E-state index in [1.165, 1.54) is 16.0 Å². The van der Waals surface area contributed by atoms with E-state index in [-0.39, 0.29) is 6.61 Å².